The molecule has 418 valence electrons. The summed E-state index contributed by atoms with van der Waals surface area (Å²) in [6.07, 6.45) is 0. The number of fused-ring (bicyclic) bond motifs is 13. The first kappa shape index (κ1) is 52.3. The van der Waals surface area contributed by atoms with Crippen molar-refractivity contribution in [3.05, 3.63) is 358 Å². The van der Waals surface area contributed by atoms with E-state index in [0.29, 0.717) is 0 Å². The zero-order chi connectivity index (χ0) is 58.9. The van der Waals surface area contributed by atoms with Crippen LogP contribution in [0.5, 0.6) is 0 Å². The van der Waals surface area contributed by atoms with Crippen molar-refractivity contribution < 1.29 is 0 Å². The Kier molecular flexibility index (Phi) is 12.6. The molecule has 18 rings (SSSR count). The van der Waals surface area contributed by atoms with Gasteiger partial charge in [0.05, 0.1) is 11.0 Å². The van der Waals surface area contributed by atoms with Crippen LogP contribution in [-0.4, -0.2) is 20.7 Å². The van der Waals surface area contributed by atoms with Crippen molar-refractivity contribution in [1.82, 2.24) is 4.57 Å². The molecule has 0 atom stereocenters. The van der Waals surface area contributed by atoms with E-state index in [4.69, 9.17) is 0 Å². The van der Waals surface area contributed by atoms with Gasteiger partial charge in [-0.25, -0.2) is 0 Å². The number of nitrogens with zero attached hydrogens (tertiary/aromatic N) is 3. The van der Waals surface area contributed by atoms with Gasteiger partial charge in [-0.1, -0.05) is 285 Å². The highest BCUT2D eigenvalue weighted by Crippen LogP contribution is 2.42. The zero-order valence-electron chi connectivity index (χ0n) is 48.9. The summed E-state index contributed by atoms with van der Waals surface area (Å²) in [5.74, 6) is 0. The summed E-state index contributed by atoms with van der Waals surface area (Å²) in [5.41, 5.74) is 11.0. The van der Waals surface area contributed by atoms with Crippen LogP contribution in [0.4, 0.5) is 34.1 Å². The SMILES string of the molecule is c1ccc(N2c3ccccc3[Si](c3ccccc3)(c3ccc4c5ccccc5c5ccccc5c4c3)c3ccccc32)cc1.c1ccc(N2c3ccccc3[Si](c3ccccc3)(c3cccc(-n4c5ccccc5c5ccccc54)c3)c3ccccc32)cc1. The number of benzene rings is 15. The van der Waals surface area contributed by atoms with Crippen molar-refractivity contribution in [2.24, 2.45) is 0 Å². The molecule has 0 spiro atoms. The minimum absolute atomic E-state index is 1.17. The molecular weight excluding hydrogens is 1110 g/mol. The van der Waals surface area contributed by atoms with Crippen LogP contribution in [0.2, 0.25) is 0 Å². The van der Waals surface area contributed by atoms with Gasteiger partial charge in [0, 0.05) is 50.6 Å². The van der Waals surface area contributed by atoms with Crippen LogP contribution in [-0.2, 0) is 0 Å². The Morgan fingerprint density at radius 3 is 0.888 bits per heavy atom. The first-order valence-corrected chi connectivity index (χ1v) is 34.8. The summed E-state index contributed by atoms with van der Waals surface area (Å²) in [4.78, 5) is 4.92. The summed E-state index contributed by atoms with van der Waals surface area (Å²) < 4.78 is 2.44. The van der Waals surface area contributed by atoms with Crippen molar-refractivity contribution >= 4 is 146 Å². The molecule has 0 fully saturated rings. The topological polar surface area (TPSA) is 11.4 Å². The first-order chi connectivity index (χ1) is 44.2. The quantitative estimate of drug-likeness (QED) is 0.116. The molecule has 0 bridgehead atoms. The third kappa shape index (κ3) is 8.03. The lowest BCUT2D eigenvalue weighted by Crippen LogP contribution is -2.77. The van der Waals surface area contributed by atoms with Crippen LogP contribution in [0.1, 0.15) is 0 Å². The fourth-order valence-electron chi connectivity index (χ4n) is 15.4. The Morgan fingerprint density at radius 2 is 0.472 bits per heavy atom. The predicted molar refractivity (Wildman–Crippen MR) is 383 cm³/mol. The average Bonchev–Trinajstić information content (AvgIpc) is 1.40. The molecule has 89 heavy (non-hydrogen) atoms. The number of aromatic nitrogens is 1. The Bertz CT molecular complexity index is 5170. The van der Waals surface area contributed by atoms with E-state index in [1.54, 1.807) is 0 Å². The van der Waals surface area contributed by atoms with E-state index < -0.39 is 16.1 Å². The molecule has 0 saturated carbocycles. The van der Waals surface area contributed by atoms with Gasteiger partial charge in [0.25, 0.3) is 0 Å². The van der Waals surface area contributed by atoms with E-state index in [1.165, 1.54) is 135 Å². The largest absolute Gasteiger partial charge is 0.311 e. The smallest absolute Gasteiger partial charge is 0.184 e. The van der Waals surface area contributed by atoms with Crippen LogP contribution in [0.25, 0.3) is 59.8 Å². The van der Waals surface area contributed by atoms with Gasteiger partial charge in [-0.15, -0.1) is 0 Å². The van der Waals surface area contributed by atoms with Gasteiger partial charge in [0.15, 0.2) is 16.1 Å². The second-order valence-corrected chi connectivity index (χ2v) is 30.9. The van der Waals surface area contributed by atoms with Gasteiger partial charge in [-0.3, -0.25) is 0 Å². The normalized spacial score (nSPS) is 13.5. The molecule has 0 N–H and O–H groups in total. The number of hydrogen-bond acceptors (Lipinski definition) is 2. The van der Waals surface area contributed by atoms with Crippen LogP contribution < -0.4 is 51.3 Å². The molecule has 5 heteroatoms. The number of rotatable bonds is 7. The lowest BCUT2D eigenvalue weighted by molar-refractivity contribution is 1.18. The highest BCUT2D eigenvalue weighted by molar-refractivity contribution is 7.22. The second kappa shape index (κ2) is 21.4. The third-order valence-electron chi connectivity index (χ3n) is 18.9. The summed E-state index contributed by atoms with van der Waals surface area (Å²) in [6.45, 7) is 0. The van der Waals surface area contributed by atoms with Gasteiger partial charge >= 0.3 is 0 Å². The number of anilines is 6. The Hall–Kier alpha value is -11.1. The standard InChI is InChI=1S/C42H30N2Si.C42H29NSi/c1-3-16-31(17-4-1)43-39-26-11-13-28-41(39)45(33-19-5-2-6-20-33,42-29-14-12-27-40(42)43)34-21-15-18-32(30-34)44-37-24-9-7-22-35(37)36-23-8-10-25-38(36)44;1-3-15-30(16-4-1)43-39-23-11-13-25-41(39)44(31-17-5-2-6-18-31,42-26-14-12-24-40(42)43)32-27-28-37-35-21-8-7-19-33(35)34-20-9-10-22-36(34)38(37)29-32/h1-30H;1-29H. The van der Waals surface area contributed by atoms with Gasteiger partial charge in [-0.05, 0) is 147 Å². The Morgan fingerprint density at radius 1 is 0.180 bits per heavy atom. The van der Waals surface area contributed by atoms with Crippen molar-refractivity contribution in [1.29, 1.82) is 0 Å². The fraction of sp³-hybridized carbons (Fsp3) is 0. The predicted octanol–water partition coefficient (Wildman–Crippen LogP) is 16.3. The third-order valence-corrected chi connectivity index (χ3v) is 28.6. The van der Waals surface area contributed by atoms with Crippen LogP contribution >= 0.6 is 0 Å². The molecule has 2 aliphatic heterocycles. The van der Waals surface area contributed by atoms with Crippen molar-refractivity contribution in [2.75, 3.05) is 9.80 Å². The molecule has 0 saturated heterocycles. The number of hydrogen-bond donors (Lipinski definition) is 0. The van der Waals surface area contributed by atoms with E-state index in [2.05, 4.69) is 372 Å². The van der Waals surface area contributed by atoms with E-state index in [-0.39, 0.29) is 0 Å². The van der Waals surface area contributed by atoms with Gasteiger partial charge in [-0.2, -0.15) is 0 Å². The Balaban J connectivity index is 0.000000138. The maximum atomic E-state index is 2.54. The van der Waals surface area contributed by atoms with Gasteiger partial charge in [0.2, 0.25) is 0 Å². The summed E-state index contributed by atoms with van der Waals surface area (Å²) in [5, 5.41) is 21.6. The molecular formula is C84H59N3Si2. The fourth-order valence-corrected chi connectivity index (χ4v) is 25.6. The molecule has 3 heterocycles. The summed E-state index contributed by atoms with van der Waals surface area (Å²) in [7, 11) is -5.55. The average molecular weight is 1170 g/mol. The summed E-state index contributed by atoms with van der Waals surface area (Å²) >= 11 is 0. The van der Waals surface area contributed by atoms with Crippen LogP contribution in [0.15, 0.2) is 358 Å². The zero-order valence-corrected chi connectivity index (χ0v) is 50.9. The molecule has 15 aromatic carbocycles. The van der Waals surface area contributed by atoms with E-state index in [1.807, 2.05) is 0 Å². The van der Waals surface area contributed by atoms with Gasteiger partial charge < -0.3 is 14.4 Å². The van der Waals surface area contributed by atoms with Crippen LogP contribution in [0.3, 0.4) is 0 Å². The summed E-state index contributed by atoms with van der Waals surface area (Å²) in [6, 6.07) is 133. The lowest BCUT2D eigenvalue weighted by atomic mass is 9.94. The van der Waals surface area contributed by atoms with Crippen molar-refractivity contribution in [3.63, 3.8) is 0 Å². The maximum absolute atomic E-state index is 2.78. The first-order valence-electron chi connectivity index (χ1n) is 30.8. The molecule has 16 aromatic rings. The highest BCUT2D eigenvalue weighted by Gasteiger charge is 2.50. The molecule has 0 radical (unpaired) electrons. The molecule has 3 nitrogen and oxygen atoms in total. The monoisotopic (exact) mass is 1170 g/mol. The molecule has 1 aromatic heterocycles. The minimum Gasteiger partial charge on any atom is -0.311 e. The molecule has 2 aliphatic rings. The minimum atomic E-state index is -2.78. The Labute approximate surface area is 520 Å². The van der Waals surface area contributed by atoms with Crippen molar-refractivity contribution in [3.8, 4) is 5.69 Å². The van der Waals surface area contributed by atoms with Crippen LogP contribution in [0, 0.1) is 0 Å². The lowest BCUT2D eigenvalue weighted by Gasteiger charge is -2.45. The van der Waals surface area contributed by atoms with E-state index >= 15 is 0 Å². The second-order valence-electron chi connectivity index (χ2n) is 23.4. The van der Waals surface area contributed by atoms with E-state index in [0.717, 1.165) is 0 Å². The molecule has 0 aliphatic carbocycles. The molecule has 0 unspecified atom stereocenters. The van der Waals surface area contributed by atoms with E-state index in [9.17, 15) is 0 Å². The number of para-hydroxylation sites is 8. The molecule has 0 amide bonds. The van der Waals surface area contributed by atoms with Crippen molar-refractivity contribution in [2.45, 2.75) is 0 Å². The maximum Gasteiger partial charge on any atom is 0.184 e. The van der Waals surface area contributed by atoms with Gasteiger partial charge in [0.1, 0.15) is 0 Å². The highest BCUT2D eigenvalue weighted by atomic mass is 28.3.